The zero-order valence-corrected chi connectivity index (χ0v) is 16.7. The molecule has 0 atom stereocenters. The van der Waals surface area contributed by atoms with Gasteiger partial charge in [-0.3, -0.25) is 9.59 Å². The van der Waals surface area contributed by atoms with E-state index in [1.165, 1.54) is 6.20 Å². The van der Waals surface area contributed by atoms with Crippen molar-refractivity contribution in [1.82, 2.24) is 14.4 Å². The van der Waals surface area contributed by atoms with E-state index in [9.17, 15) is 18.0 Å². The lowest BCUT2D eigenvalue weighted by Gasteiger charge is -2.16. The third kappa shape index (κ3) is 3.65. The molecule has 28 heavy (non-hydrogen) atoms. The van der Waals surface area contributed by atoms with E-state index in [1.54, 1.807) is 21.6 Å². The molecule has 2 aliphatic heterocycles. The second-order valence-corrected chi connectivity index (χ2v) is 9.53. The fourth-order valence-electron chi connectivity index (χ4n) is 4.10. The molecule has 0 aliphatic carbocycles. The molecule has 0 unspecified atom stereocenters. The van der Waals surface area contributed by atoms with Gasteiger partial charge in [0.05, 0.1) is 4.90 Å². The second kappa shape index (κ2) is 7.58. The van der Waals surface area contributed by atoms with E-state index in [0.29, 0.717) is 24.0 Å². The van der Waals surface area contributed by atoms with E-state index in [2.05, 4.69) is 0 Å². The Morgan fingerprint density at radius 3 is 2.07 bits per heavy atom. The zero-order chi connectivity index (χ0) is 19.7. The Bertz CT molecular complexity index is 1000. The number of aromatic nitrogens is 1. The van der Waals surface area contributed by atoms with Gasteiger partial charge in [0.2, 0.25) is 11.8 Å². The maximum Gasteiger partial charge on any atom is 0.242 e. The number of benzene rings is 1. The first-order valence-corrected chi connectivity index (χ1v) is 11.5. The molecular weight excluding hydrogens is 378 g/mol. The number of hydrogen-bond acceptors (Lipinski definition) is 4. The van der Waals surface area contributed by atoms with Crippen LogP contribution < -0.4 is 0 Å². The van der Waals surface area contributed by atoms with Crippen LogP contribution in [0.2, 0.25) is 0 Å². The van der Waals surface area contributed by atoms with Crippen molar-refractivity contribution >= 4 is 32.6 Å². The molecule has 8 heteroatoms. The third-order valence-corrected chi connectivity index (χ3v) is 7.25. The molecule has 2 saturated heterocycles. The quantitative estimate of drug-likeness (QED) is 0.761. The van der Waals surface area contributed by atoms with Gasteiger partial charge in [0.1, 0.15) is 12.3 Å². The summed E-state index contributed by atoms with van der Waals surface area (Å²) < 4.78 is 27.7. The van der Waals surface area contributed by atoms with Crippen LogP contribution >= 0.6 is 0 Å². The van der Waals surface area contributed by atoms with Crippen molar-refractivity contribution in [1.29, 1.82) is 0 Å². The molecule has 0 spiro atoms. The number of amides is 2. The Hall–Kier alpha value is -2.35. The minimum atomic E-state index is -3.79. The molecule has 0 N–H and O–H groups in total. The minimum absolute atomic E-state index is 0.00431. The van der Waals surface area contributed by atoms with Crippen LogP contribution in [-0.2, 0) is 26.0 Å². The van der Waals surface area contributed by atoms with Crippen LogP contribution in [0.25, 0.3) is 10.9 Å². The molecule has 2 amide bonds. The summed E-state index contributed by atoms with van der Waals surface area (Å²) in [5, 5.41) is 0.561. The Kier molecular flexibility index (Phi) is 5.14. The molecule has 0 bridgehead atoms. The number of fused-ring (bicyclic) bond motifs is 1. The molecule has 3 heterocycles. The lowest BCUT2D eigenvalue weighted by molar-refractivity contribution is -0.130. The topological polar surface area (TPSA) is 79.7 Å². The first-order chi connectivity index (χ1) is 13.5. The van der Waals surface area contributed by atoms with E-state index >= 15 is 0 Å². The molecule has 7 nitrogen and oxygen atoms in total. The number of sulfone groups is 1. The van der Waals surface area contributed by atoms with Gasteiger partial charge in [0, 0.05) is 43.3 Å². The summed E-state index contributed by atoms with van der Waals surface area (Å²) >= 11 is 0. The monoisotopic (exact) mass is 403 g/mol. The predicted octanol–water partition coefficient (Wildman–Crippen LogP) is 1.66. The van der Waals surface area contributed by atoms with Gasteiger partial charge in [-0.25, -0.2) is 8.42 Å². The molecular formula is C20H25N3O4S. The Morgan fingerprint density at radius 2 is 1.43 bits per heavy atom. The molecule has 1 aromatic carbocycles. The lowest BCUT2D eigenvalue weighted by atomic mass is 10.2. The fourth-order valence-corrected chi connectivity index (χ4v) is 5.56. The Morgan fingerprint density at radius 1 is 0.857 bits per heavy atom. The number of rotatable bonds is 5. The SMILES string of the molecule is O=C(Cn1cc(S(=O)(=O)CC(=O)N2CCCC2)c2ccccc21)N1CCCC1. The average Bonchev–Trinajstić information content (AvgIpc) is 3.42. The molecule has 4 rings (SSSR count). The number of para-hydroxylation sites is 1. The molecule has 2 fully saturated rings. The van der Waals surface area contributed by atoms with Crippen LogP contribution in [0.15, 0.2) is 35.4 Å². The van der Waals surface area contributed by atoms with Crippen LogP contribution in [0.5, 0.6) is 0 Å². The zero-order valence-electron chi connectivity index (χ0n) is 15.8. The molecule has 0 radical (unpaired) electrons. The number of carbonyl (C=O) groups is 2. The summed E-state index contributed by atoms with van der Waals surface area (Å²) in [4.78, 5) is 28.5. The standard InChI is InChI=1S/C20H25N3O4S/c24-19(21-9-3-4-10-21)14-23-13-18(16-7-1-2-8-17(16)23)28(26,27)15-20(25)22-11-5-6-12-22/h1-2,7-8,13H,3-6,9-12,14-15H2. The number of likely N-dealkylation sites (tertiary alicyclic amines) is 2. The summed E-state index contributed by atoms with van der Waals surface area (Å²) in [6, 6.07) is 7.15. The maximum atomic E-state index is 13.0. The smallest absolute Gasteiger partial charge is 0.242 e. The number of carbonyl (C=O) groups excluding carboxylic acids is 2. The van der Waals surface area contributed by atoms with E-state index in [-0.39, 0.29) is 23.3 Å². The van der Waals surface area contributed by atoms with Crippen molar-refractivity contribution < 1.29 is 18.0 Å². The number of hydrogen-bond donors (Lipinski definition) is 0. The van der Waals surface area contributed by atoms with Crippen molar-refractivity contribution in [3.63, 3.8) is 0 Å². The Balaban J connectivity index is 1.63. The minimum Gasteiger partial charge on any atom is -0.342 e. The van der Waals surface area contributed by atoms with Gasteiger partial charge in [-0.2, -0.15) is 0 Å². The summed E-state index contributed by atoms with van der Waals surface area (Å²) in [7, 11) is -3.79. The highest BCUT2D eigenvalue weighted by atomic mass is 32.2. The van der Waals surface area contributed by atoms with E-state index in [4.69, 9.17) is 0 Å². The van der Waals surface area contributed by atoms with Gasteiger partial charge in [-0.1, -0.05) is 18.2 Å². The predicted molar refractivity (Wildman–Crippen MR) is 106 cm³/mol. The van der Waals surface area contributed by atoms with Gasteiger partial charge in [0.15, 0.2) is 9.84 Å². The van der Waals surface area contributed by atoms with E-state index in [0.717, 1.165) is 38.8 Å². The maximum absolute atomic E-state index is 13.0. The normalized spacial score (nSPS) is 17.6. The molecule has 2 aliphatic rings. The van der Waals surface area contributed by atoms with E-state index < -0.39 is 15.6 Å². The average molecular weight is 404 g/mol. The van der Waals surface area contributed by atoms with Gasteiger partial charge >= 0.3 is 0 Å². The molecule has 0 saturated carbocycles. The molecule has 2 aromatic rings. The highest BCUT2D eigenvalue weighted by molar-refractivity contribution is 7.92. The second-order valence-electron chi connectivity index (χ2n) is 7.57. The lowest BCUT2D eigenvalue weighted by Crippen LogP contribution is -2.33. The Labute approximate surface area is 164 Å². The first kappa shape index (κ1) is 19.0. The van der Waals surface area contributed by atoms with Gasteiger partial charge < -0.3 is 14.4 Å². The highest BCUT2D eigenvalue weighted by Crippen LogP contribution is 2.27. The van der Waals surface area contributed by atoms with Gasteiger partial charge in [0.25, 0.3) is 0 Å². The van der Waals surface area contributed by atoms with Crippen LogP contribution in [-0.4, -0.2) is 66.5 Å². The van der Waals surface area contributed by atoms with Crippen LogP contribution in [0, 0.1) is 0 Å². The third-order valence-electron chi connectivity index (χ3n) is 5.62. The van der Waals surface area contributed by atoms with Crippen LogP contribution in [0.4, 0.5) is 0 Å². The molecule has 150 valence electrons. The summed E-state index contributed by atoms with van der Waals surface area (Å²) in [6.07, 6.45) is 5.38. The van der Waals surface area contributed by atoms with Crippen molar-refractivity contribution in [2.75, 3.05) is 31.9 Å². The van der Waals surface area contributed by atoms with Crippen molar-refractivity contribution in [3.05, 3.63) is 30.5 Å². The van der Waals surface area contributed by atoms with Crippen molar-refractivity contribution in [3.8, 4) is 0 Å². The largest absolute Gasteiger partial charge is 0.342 e. The summed E-state index contributed by atoms with van der Waals surface area (Å²) in [5.74, 6) is -0.876. The number of nitrogens with zero attached hydrogens (tertiary/aromatic N) is 3. The van der Waals surface area contributed by atoms with Gasteiger partial charge in [-0.05, 0) is 31.7 Å². The highest BCUT2D eigenvalue weighted by Gasteiger charge is 2.28. The first-order valence-electron chi connectivity index (χ1n) is 9.82. The summed E-state index contributed by atoms with van der Waals surface area (Å²) in [5.41, 5.74) is 0.697. The van der Waals surface area contributed by atoms with Crippen LogP contribution in [0.1, 0.15) is 25.7 Å². The fraction of sp³-hybridized carbons (Fsp3) is 0.500. The van der Waals surface area contributed by atoms with Gasteiger partial charge in [-0.15, -0.1) is 0 Å². The van der Waals surface area contributed by atoms with Crippen molar-refractivity contribution in [2.24, 2.45) is 0 Å². The van der Waals surface area contributed by atoms with Crippen molar-refractivity contribution in [2.45, 2.75) is 37.1 Å². The molecule has 1 aromatic heterocycles. The summed E-state index contributed by atoms with van der Waals surface area (Å²) in [6.45, 7) is 2.87. The van der Waals surface area contributed by atoms with Crippen LogP contribution in [0.3, 0.4) is 0 Å². The van der Waals surface area contributed by atoms with E-state index in [1.807, 2.05) is 17.0 Å².